The third kappa shape index (κ3) is 2.80. The first-order valence-corrected chi connectivity index (χ1v) is 5.96. The van der Waals surface area contributed by atoms with E-state index in [0.29, 0.717) is 23.3 Å². The van der Waals surface area contributed by atoms with E-state index in [1.54, 1.807) is 16.8 Å². The molecule has 18 heavy (non-hydrogen) atoms. The van der Waals surface area contributed by atoms with Crippen LogP contribution >= 0.6 is 11.6 Å². The summed E-state index contributed by atoms with van der Waals surface area (Å²) in [5, 5.41) is 7.84. The third-order valence-electron chi connectivity index (χ3n) is 2.41. The molecular formula is C12H15ClN4O. The standard InChI is InChI=1S/C12H15ClN4O/c1-8-6-12(17(3)16-8)18-11-5-4-9(13)10(15-11)7-14-2/h4-6,14H,7H2,1-3H3. The van der Waals surface area contributed by atoms with Gasteiger partial charge in [-0.2, -0.15) is 5.10 Å². The van der Waals surface area contributed by atoms with Crippen molar-refractivity contribution in [1.82, 2.24) is 20.1 Å². The number of nitrogens with one attached hydrogen (secondary N) is 1. The smallest absolute Gasteiger partial charge is 0.221 e. The molecule has 2 heterocycles. The number of ether oxygens (including phenoxy) is 1. The molecule has 5 nitrogen and oxygen atoms in total. The molecule has 0 saturated heterocycles. The molecular weight excluding hydrogens is 252 g/mol. The molecule has 0 spiro atoms. The fourth-order valence-corrected chi connectivity index (χ4v) is 1.77. The summed E-state index contributed by atoms with van der Waals surface area (Å²) in [5.74, 6) is 1.16. The summed E-state index contributed by atoms with van der Waals surface area (Å²) in [7, 11) is 3.67. The van der Waals surface area contributed by atoms with Crippen molar-refractivity contribution < 1.29 is 4.74 Å². The average molecular weight is 267 g/mol. The number of aromatic nitrogens is 3. The Morgan fingerprint density at radius 3 is 2.83 bits per heavy atom. The van der Waals surface area contributed by atoms with Crippen molar-refractivity contribution >= 4 is 11.6 Å². The van der Waals surface area contributed by atoms with Crippen LogP contribution in [0.3, 0.4) is 0 Å². The van der Waals surface area contributed by atoms with Gasteiger partial charge >= 0.3 is 0 Å². The molecule has 0 aliphatic rings. The molecule has 0 unspecified atom stereocenters. The van der Waals surface area contributed by atoms with Crippen molar-refractivity contribution in [3.05, 3.63) is 34.6 Å². The number of nitrogens with zero attached hydrogens (tertiary/aromatic N) is 3. The van der Waals surface area contributed by atoms with Crippen molar-refractivity contribution in [2.75, 3.05) is 7.05 Å². The minimum absolute atomic E-state index is 0.507. The monoisotopic (exact) mass is 266 g/mol. The van der Waals surface area contributed by atoms with E-state index >= 15 is 0 Å². The van der Waals surface area contributed by atoms with Crippen molar-refractivity contribution in [2.24, 2.45) is 7.05 Å². The highest BCUT2D eigenvalue weighted by Gasteiger charge is 2.08. The number of halogens is 1. The van der Waals surface area contributed by atoms with Crippen LogP contribution in [0, 0.1) is 6.92 Å². The number of hydrogen-bond acceptors (Lipinski definition) is 4. The minimum Gasteiger partial charge on any atom is -0.421 e. The molecule has 6 heteroatoms. The molecule has 0 aromatic carbocycles. The van der Waals surface area contributed by atoms with Gasteiger partial charge in [-0.15, -0.1) is 0 Å². The highest BCUT2D eigenvalue weighted by atomic mass is 35.5. The molecule has 0 radical (unpaired) electrons. The minimum atomic E-state index is 0.507. The zero-order chi connectivity index (χ0) is 13.1. The Labute approximate surface area is 111 Å². The Bertz CT molecular complexity index is 553. The molecule has 0 aliphatic carbocycles. The first-order valence-electron chi connectivity index (χ1n) is 5.58. The number of hydrogen-bond donors (Lipinski definition) is 1. The Morgan fingerprint density at radius 1 is 1.44 bits per heavy atom. The van der Waals surface area contributed by atoms with Gasteiger partial charge in [0.05, 0.1) is 16.4 Å². The van der Waals surface area contributed by atoms with E-state index in [9.17, 15) is 0 Å². The van der Waals surface area contributed by atoms with Crippen LogP contribution in [0.1, 0.15) is 11.4 Å². The lowest BCUT2D eigenvalue weighted by Crippen LogP contribution is -2.08. The van der Waals surface area contributed by atoms with Crippen LogP contribution < -0.4 is 10.1 Å². The summed E-state index contributed by atoms with van der Waals surface area (Å²) in [6.45, 7) is 2.51. The summed E-state index contributed by atoms with van der Waals surface area (Å²) < 4.78 is 7.34. The Balaban J connectivity index is 2.24. The van der Waals surface area contributed by atoms with Crippen molar-refractivity contribution in [2.45, 2.75) is 13.5 Å². The molecule has 0 bridgehead atoms. The summed E-state index contributed by atoms with van der Waals surface area (Å²) in [6.07, 6.45) is 0. The second-order valence-corrected chi connectivity index (χ2v) is 4.37. The van der Waals surface area contributed by atoms with Crippen LogP contribution in [0.4, 0.5) is 0 Å². The zero-order valence-corrected chi connectivity index (χ0v) is 11.3. The first-order chi connectivity index (χ1) is 8.60. The van der Waals surface area contributed by atoms with E-state index < -0.39 is 0 Å². The molecule has 0 aliphatic heterocycles. The SMILES string of the molecule is CNCc1nc(Oc2cc(C)nn2C)ccc1Cl. The van der Waals surface area contributed by atoms with Crippen LogP contribution in [0.2, 0.25) is 5.02 Å². The normalized spacial score (nSPS) is 10.7. The van der Waals surface area contributed by atoms with E-state index in [1.807, 2.05) is 27.1 Å². The molecule has 96 valence electrons. The average Bonchev–Trinajstić information content (AvgIpc) is 2.62. The van der Waals surface area contributed by atoms with Crippen LogP contribution in [-0.2, 0) is 13.6 Å². The van der Waals surface area contributed by atoms with Gasteiger partial charge in [0.25, 0.3) is 0 Å². The Kier molecular flexibility index (Phi) is 3.84. The summed E-state index contributed by atoms with van der Waals surface area (Å²) >= 11 is 6.04. The van der Waals surface area contributed by atoms with E-state index in [1.165, 1.54) is 0 Å². The first kappa shape index (κ1) is 12.9. The number of aryl methyl sites for hydroxylation is 2. The van der Waals surface area contributed by atoms with E-state index in [0.717, 1.165) is 11.4 Å². The van der Waals surface area contributed by atoms with Gasteiger partial charge in [-0.1, -0.05) is 11.6 Å². The van der Waals surface area contributed by atoms with Gasteiger partial charge in [-0.25, -0.2) is 9.67 Å². The van der Waals surface area contributed by atoms with Gasteiger partial charge in [-0.05, 0) is 20.0 Å². The van der Waals surface area contributed by atoms with Crippen LogP contribution in [0.5, 0.6) is 11.8 Å². The lowest BCUT2D eigenvalue weighted by molar-refractivity contribution is 0.413. The molecule has 2 aromatic heterocycles. The quantitative estimate of drug-likeness (QED) is 0.923. The summed E-state index contributed by atoms with van der Waals surface area (Å²) in [4.78, 5) is 4.35. The maximum absolute atomic E-state index is 6.04. The highest BCUT2D eigenvalue weighted by molar-refractivity contribution is 6.31. The molecule has 2 aromatic rings. The van der Waals surface area contributed by atoms with Crippen molar-refractivity contribution in [3.63, 3.8) is 0 Å². The van der Waals surface area contributed by atoms with Crippen molar-refractivity contribution in [1.29, 1.82) is 0 Å². The van der Waals surface area contributed by atoms with Crippen molar-refractivity contribution in [3.8, 4) is 11.8 Å². The van der Waals surface area contributed by atoms with Crippen LogP contribution in [0.15, 0.2) is 18.2 Å². The molecule has 0 amide bonds. The zero-order valence-electron chi connectivity index (χ0n) is 10.6. The summed E-state index contributed by atoms with van der Waals surface area (Å²) in [6, 6.07) is 5.37. The molecule has 0 saturated carbocycles. The van der Waals surface area contributed by atoms with Gasteiger partial charge in [0, 0.05) is 25.7 Å². The predicted octanol–water partition coefficient (Wildman–Crippen LogP) is 2.29. The molecule has 1 N–H and O–H groups in total. The number of rotatable bonds is 4. The topological polar surface area (TPSA) is 52.0 Å². The van der Waals surface area contributed by atoms with E-state index in [-0.39, 0.29) is 0 Å². The lowest BCUT2D eigenvalue weighted by Gasteiger charge is -2.07. The lowest BCUT2D eigenvalue weighted by atomic mass is 10.3. The van der Waals surface area contributed by atoms with Gasteiger partial charge < -0.3 is 10.1 Å². The Hall–Kier alpha value is -1.59. The fraction of sp³-hybridized carbons (Fsp3) is 0.333. The van der Waals surface area contributed by atoms with Gasteiger partial charge in [-0.3, -0.25) is 0 Å². The molecule has 0 fully saturated rings. The van der Waals surface area contributed by atoms with Gasteiger partial charge in [0.15, 0.2) is 0 Å². The molecule has 2 rings (SSSR count). The van der Waals surface area contributed by atoms with E-state index in [2.05, 4.69) is 15.4 Å². The van der Waals surface area contributed by atoms with Gasteiger partial charge in [0.2, 0.25) is 11.8 Å². The molecule has 0 atom stereocenters. The maximum atomic E-state index is 6.04. The number of pyridine rings is 1. The Morgan fingerprint density at radius 2 is 2.22 bits per heavy atom. The highest BCUT2D eigenvalue weighted by Crippen LogP contribution is 2.23. The maximum Gasteiger partial charge on any atom is 0.221 e. The largest absolute Gasteiger partial charge is 0.421 e. The predicted molar refractivity (Wildman–Crippen MR) is 70.0 cm³/mol. The second-order valence-electron chi connectivity index (χ2n) is 3.96. The van der Waals surface area contributed by atoms with Gasteiger partial charge in [0.1, 0.15) is 0 Å². The fourth-order valence-electron chi connectivity index (χ4n) is 1.60. The second kappa shape index (κ2) is 5.37. The van der Waals surface area contributed by atoms with Crippen LogP contribution in [0.25, 0.3) is 0 Å². The summed E-state index contributed by atoms with van der Waals surface area (Å²) in [5.41, 5.74) is 1.66. The van der Waals surface area contributed by atoms with Crippen LogP contribution in [-0.4, -0.2) is 21.8 Å². The third-order valence-corrected chi connectivity index (χ3v) is 2.75. The van der Waals surface area contributed by atoms with E-state index in [4.69, 9.17) is 16.3 Å².